The molecule has 0 heterocycles. The number of hydrogen-bond donors (Lipinski definition) is 1. The topological polar surface area (TPSA) is 37.3 Å². The minimum Gasteiger partial charge on any atom is -0.329 e. The predicted molar refractivity (Wildman–Crippen MR) is 101 cm³/mol. The molecule has 0 radical (unpaired) electrons. The maximum atomic E-state index is 12.7. The monoisotopic (exact) mass is 354 g/mol. The average molecular weight is 355 g/mol. The molecule has 1 N–H and O–H groups in total. The van der Waals surface area contributed by atoms with E-state index in [2.05, 4.69) is 69.2 Å². The van der Waals surface area contributed by atoms with E-state index in [9.17, 15) is 9.46 Å². The molecule has 0 aromatic heterocycles. The fourth-order valence-electron chi connectivity index (χ4n) is 3.26. The summed E-state index contributed by atoms with van der Waals surface area (Å²) in [7, 11) is 0. The van der Waals surface area contributed by atoms with E-state index in [1.807, 2.05) is 0 Å². The molecule has 0 rings (SSSR count). The van der Waals surface area contributed by atoms with Crippen LogP contribution in [0.1, 0.15) is 82.1 Å². The summed E-state index contributed by atoms with van der Waals surface area (Å²) in [5, 5.41) is 0. The van der Waals surface area contributed by atoms with Gasteiger partial charge in [0.1, 0.15) is 0 Å². The smallest absolute Gasteiger partial charge is 0.311 e. The van der Waals surface area contributed by atoms with Crippen molar-refractivity contribution >= 4 is 28.5 Å². The van der Waals surface area contributed by atoms with Crippen LogP contribution < -0.4 is 0 Å². The van der Waals surface area contributed by atoms with Crippen molar-refractivity contribution in [3.8, 4) is 0 Å². The molecule has 0 aromatic rings. The zero-order valence-corrected chi connectivity index (χ0v) is 18.1. The van der Waals surface area contributed by atoms with Gasteiger partial charge in [0, 0.05) is 9.49 Å². The maximum Gasteiger partial charge on any atom is 0.311 e. The highest BCUT2D eigenvalue weighted by Crippen LogP contribution is 2.74. The lowest BCUT2D eigenvalue weighted by Gasteiger charge is -2.36. The predicted octanol–water partition coefficient (Wildman–Crippen LogP) is 6.98. The van der Waals surface area contributed by atoms with Gasteiger partial charge < -0.3 is 4.89 Å². The standard InChI is InChI=1S/C16H35O2PS2/c1-13(2,3)11-15(7,8)20-19(17,18)21-16(9,10)12-14(4,5)6/h11-12H2,1-10H3,(H,17,18). The molecule has 0 aliphatic rings. The van der Waals surface area contributed by atoms with Crippen LogP contribution in [0.3, 0.4) is 0 Å². The fourth-order valence-corrected chi connectivity index (χ4v) is 13.8. The summed E-state index contributed by atoms with van der Waals surface area (Å²) < 4.78 is 12.3. The van der Waals surface area contributed by atoms with E-state index in [0.717, 1.165) is 12.8 Å². The molecule has 0 spiro atoms. The SMILES string of the molecule is CC(C)(C)CC(C)(C)SP(=O)(O)SC(C)(C)CC(C)(C)C. The summed E-state index contributed by atoms with van der Waals surface area (Å²) in [6.45, 7) is 21.3. The van der Waals surface area contributed by atoms with E-state index in [4.69, 9.17) is 0 Å². The quantitative estimate of drug-likeness (QED) is 0.522. The molecule has 0 aliphatic heterocycles. The molecule has 21 heavy (non-hydrogen) atoms. The molecule has 128 valence electrons. The average Bonchev–Trinajstić information content (AvgIpc) is 1.83. The van der Waals surface area contributed by atoms with E-state index < -0.39 is 5.77 Å². The lowest BCUT2D eigenvalue weighted by molar-refractivity contribution is 0.340. The molecule has 0 unspecified atom stereocenters. The van der Waals surface area contributed by atoms with Gasteiger partial charge in [-0.3, -0.25) is 4.57 Å². The molecule has 0 atom stereocenters. The molecule has 0 aliphatic carbocycles. The van der Waals surface area contributed by atoms with Crippen LogP contribution in [0, 0.1) is 10.8 Å². The summed E-state index contributed by atoms with van der Waals surface area (Å²) in [4.78, 5) is 10.5. The Kier molecular flexibility index (Phi) is 7.08. The Hall–Kier alpha value is 0.890. The van der Waals surface area contributed by atoms with Crippen molar-refractivity contribution in [2.75, 3.05) is 0 Å². The first-order valence-electron chi connectivity index (χ1n) is 7.57. The Labute approximate surface area is 140 Å². The van der Waals surface area contributed by atoms with E-state index in [1.165, 1.54) is 22.8 Å². The van der Waals surface area contributed by atoms with Crippen LogP contribution in [0.5, 0.6) is 0 Å². The lowest BCUT2D eigenvalue weighted by atomic mass is 9.86. The largest absolute Gasteiger partial charge is 0.329 e. The Morgan fingerprint density at radius 2 is 0.952 bits per heavy atom. The van der Waals surface area contributed by atoms with Gasteiger partial charge >= 0.3 is 5.77 Å². The first-order valence-corrected chi connectivity index (χ1v) is 12.1. The molecule has 0 aromatic carbocycles. The second kappa shape index (κ2) is 6.79. The van der Waals surface area contributed by atoms with Gasteiger partial charge in [-0.05, 0) is 23.7 Å². The van der Waals surface area contributed by atoms with E-state index in [0.29, 0.717) is 0 Å². The number of rotatable bonds is 6. The Morgan fingerprint density at radius 3 is 1.14 bits per heavy atom. The van der Waals surface area contributed by atoms with E-state index >= 15 is 0 Å². The molecule has 2 nitrogen and oxygen atoms in total. The zero-order chi connectivity index (χ0) is 17.3. The van der Waals surface area contributed by atoms with Crippen LogP contribution in [0.4, 0.5) is 0 Å². The van der Waals surface area contributed by atoms with Gasteiger partial charge in [-0.25, -0.2) is 0 Å². The Morgan fingerprint density at radius 1 is 0.714 bits per heavy atom. The molecular formula is C16H35O2PS2. The van der Waals surface area contributed by atoms with Crippen LogP contribution in [-0.4, -0.2) is 14.4 Å². The van der Waals surface area contributed by atoms with Crippen molar-refractivity contribution in [2.45, 2.75) is 91.6 Å². The summed E-state index contributed by atoms with van der Waals surface area (Å²) in [6, 6.07) is 0. The highest BCUT2D eigenvalue weighted by atomic mass is 33.1. The van der Waals surface area contributed by atoms with Gasteiger partial charge in [0.15, 0.2) is 0 Å². The molecule has 5 heteroatoms. The van der Waals surface area contributed by atoms with Crippen LogP contribution in [0.2, 0.25) is 0 Å². The van der Waals surface area contributed by atoms with Gasteiger partial charge in [0.25, 0.3) is 0 Å². The van der Waals surface area contributed by atoms with Crippen molar-refractivity contribution in [3.05, 3.63) is 0 Å². The van der Waals surface area contributed by atoms with Crippen molar-refractivity contribution in [3.63, 3.8) is 0 Å². The first-order chi connectivity index (χ1) is 8.83. The van der Waals surface area contributed by atoms with Gasteiger partial charge in [-0.2, -0.15) is 0 Å². The summed E-state index contributed by atoms with van der Waals surface area (Å²) in [5.74, 6) is -3.27. The zero-order valence-electron chi connectivity index (χ0n) is 15.5. The van der Waals surface area contributed by atoms with E-state index in [1.54, 1.807) is 0 Å². The Bertz CT molecular complexity index is 356. The van der Waals surface area contributed by atoms with Crippen molar-refractivity contribution in [1.29, 1.82) is 0 Å². The van der Waals surface area contributed by atoms with E-state index in [-0.39, 0.29) is 20.3 Å². The van der Waals surface area contributed by atoms with Crippen molar-refractivity contribution in [2.24, 2.45) is 10.8 Å². The van der Waals surface area contributed by atoms with Gasteiger partial charge in [0.2, 0.25) is 0 Å². The van der Waals surface area contributed by atoms with Crippen LogP contribution in [-0.2, 0) is 4.57 Å². The molecule has 0 fully saturated rings. The molecule has 0 saturated carbocycles. The van der Waals surface area contributed by atoms with Crippen LogP contribution >= 0.6 is 28.5 Å². The molecular weight excluding hydrogens is 319 g/mol. The third-order valence-corrected chi connectivity index (χ3v) is 10.1. The van der Waals surface area contributed by atoms with Gasteiger partial charge in [-0.1, -0.05) is 92.0 Å². The third kappa shape index (κ3) is 12.0. The molecule has 0 saturated heterocycles. The van der Waals surface area contributed by atoms with Crippen molar-refractivity contribution < 1.29 is 9.46 Å². The summed E-state index contributed by atoms with van der Waals surface area (Å²) in [6.07, 6.45) is 1.82. The number of hydrogen-bond acceptors (Lipinski definition) is 3. The minimum absolute atomic E-state index is 0.155. The second-order valence-electron chi connectivity index (χ2n) is 9.65. The highest BCUT2D eigenvalue weighted by molar-refractivity contribution is 8.89. The maximum absolute atomic E-state index is 12.7. The summed E-state index contributed by atoms with van der Waals surface area (Å²) in [5.41, 5.74) is 0.310. The normalized spacial score (nSPS) is 15.4. The third-order valence-electron chi connectivity index (χ3n) is 2.64. The summed E-state index contributed by atoms with van der Waals surface area (Å²) >= 11 is 2.52. The van der Waals surface area contributed by atoms with Gasteiger partial charge in [0.05, 0.1) is 0 Å². The minimum atomic E-state index is -3.27. The Balaban J connectivity index is 4.88. The van der Waals surface area contributed by atoms with Crippen LogP contribution in [0.25, 0.3) is 0 Å². The van der Waals surface area contributed by atoms with Crippen molar-refractivity contribution in [1.82, 2.24) is 0 Å². The second-order valence-corrected chi connectivity index (χ2v) is 17.9. The van der Waals surface area contributed by atoms with Crippen LogP contribution in [0.15, 0.2) is 0 Å². The molecule has 0 bridgehead atoms. The highest BCUT2D eigenvalue weighted by Gasteiger charge is 2.39. The fraction of sp³-hybridized carbons (Fsp3) is 1.00. The van der Waals surface area contributed by atoms with Gasteiger partial charge in [-0.15, -0.1) is 0 Å². The lowest BCUT2D eigenvalue weighted by Crippen LogP contribution is -2.25. The molecule has 0 amide bonds. The first kappa shape index (κ1) is 21.9.